The number of carbonyl (C=O) groups excluding carboxylic acids is 1. The maximum Gasteiger partial charge on any atom is 0.410 e. The van der Waals surface area contributed by atoms with Gasteiger partial charge in [0.15, 0.2) is 0 Å². The van der Waals surface area contributed by atoms with E-state index in [0.717, 1.165) is 12.8 Å². The summed E-state index contributed by atoms with van der Waals surface area (Å²) < 4.78 is 10.2. The summed E-state index contributed by atoms with van der Waals surface area (Å²) in [6.45, 7) is 0.478. The highest BCUT2D eigenvalue weighted by Crippen LogP contribution is 2.47. The van der Waals surface area contributed by atoms with Crippen molar-refractivity contribution in [2.24, 2.45) is 0 Å². The maximum absolute atomic E-state index is 12.6. The molecule has 132 valence electrons. The first kappa shape index (κ1) is 17.2. The third-order valence-electron chi connectivity index (χ3n) is 5.23. The number of nitrogens with zero attached hydrogens (tertiary/aromatic N) is 1. The van der Waals surface area contributed by atoms with Crippen LogP contribution in [0.5, 0.6) is 0 Å². The summed E-state index contributed by atoms with van der Waals surface area (Å²) in [4.78, 5) is 14.1. The van der Waals surface area contributed by atoms with E-state index in [2.05, 4.69) is 0 Å². The van der Waals surface area contributed by atoms with Gasteiger partial charge in [0, 0.05) is 13.2 Å². The van der Waals surface area contributed by atoms with E-state index >= 15 is 0 Å². The molecule has 0 spiro atoms. The number of carbonyl (C=O) groups is 1. The third kappa shape index (κ3) is 3.14. The zero-order chi connectivity index (χ0) is 17.2. The maximum atomic E-state index is 12.6. The topological polar surface area (TPSA) is 79.2 Å². The summed E-state index contributed by atoms with van der Waals surface area (Å²) in [7, 11) is 1.54. The normalized spacial score (nSPS) is 30.2. The predicted octanol–water partition coefficient (Wildman–Crippen LogP) is 1.86. The Labute approximate surface area is 142 Å². The molecule has 1 aromatic carbocycles. The van der Waals surface area contributed by atoms with Crippen molar-refractivity contribution in [3.63, 3.8) is 0 Å². The molecule has 3 aliphatic rings. The van der Waals surface area contributed by atoms with Crippen molar-refractivity contribution in [3.8, 4) is 0 Å². The lowest BCUT2D eigenvalue weighted by atomic mass is 9.68. The lowest BCUT2D eigenvalue weighted by molar-refractivity contribution is -0.167. The highest BCUT2D eigenvalue weighted by molar-refractivity contribution is 5.69. The van der Waals surface area contributed by atoms with E-state index in [4.69, 9.17) is 9.47 Å². The smallest absolute Gasteiger partial charge is 0.410 e. The second kappa shape index (κ2) is 7.09. The molecule has 6 heteroatoms. The average Bonchev–Trinajstić information content (AvgIpc) is 2.61. The van der Waals surface area contributed by atoms with Crippen molar-refractivity contribution >= 4 is 6.09 Å². The van der Waals surface area contributed by atoms with Gasteiger partial charge in [-0.2, -0.15) is 0 Å². The van der Waals surface area contributed by atoms with Gasteiger partial charge in [-0.1, -0.05) is 30.3 Å². The van der Waals surface area contributed by atoms with Crippen molar-refractivity contribution in [2.45, 2.75) is 49.5 Å². The second-order valence-electron chi connectivity index (χ2n) is 6.65. The molecule has 1 saturated carbocycles. The number of fused-ring (bicyclic) bond motifs is 3. The van der Waals surface area contributed by atoms with E-state index in [0.29, 0.717) is 25.0 Å². The number of piperidine rings is 2. The van der Waals surface area contributed by atoms with Gasteiger partial charge in [-0.15, -0.1) is 0 Å². The number of hydrogen-bond acceptors (Lipinski definition) is 5. The molecule has 4 rings (SSSR count). The van der Waals surface area contributed by atoms with Crippen LogP contribution < -0.4 is 0 Å². The number of amides is 1. The molecule has 24 heavy (non-hydrogen) atoms. The SMILES string of the molecule is COCCOC(=O)N1C2CCC(O)(CC2)[C@@H]1[C@@H](O)c1ccccc1. The Balaban J connectivity index is 1.85. The van der Waals surface area contributed by atoms with E-state index in [1.165, 1.54) is 0 Å². The fourth-order valence-corrected chi connectivity index (χ4v) is 3.99. The van der Waals surface area contributed by atoms with Gasteiger partial charge in [0.05, 0.1) is 18.2 Å². The first-order chi connectivity index (χ1) is 11.6. The minimum Gasteiger partial charge on any atom is -0.447 e. The van der Waals surface area contributed by atoms with Crippen LogP contribution in [-0.4, -0.2) is 59.2 Å². The first-order valence-electron chi connectivity index (χ1n) is 8.46. The fourth-order valence-electron chi connectivity index (χ4n) is 3.99. The van der Waals surface area contributed by atoms with E-state index in [9.17, 15) is 15.0 Å². The van der Waals surface area contributed by atoms with E-state index in [1.54, 1.807) is 12.0 Å². The molecule has 0 unspecified atom stereocenters. The van der Waals surface area contributed by atoms with Crippen LogP contribution in [0.3, 0.4) is 0 Å². The van der Waals surface area contributed by atoms with Crippen molar-refractivity contribution in [3.05, 3.63) is 35.9 Å². The zero-order valence-electron chi connectivity index (χ0n) is 13.9. The summed E-state index contributed by atoms with van der Waals surface area (Å²) in [6.07, 6.45) is 1.20. The molecule has 1 aromatic rings. The van der Waals surface area contributed by atoms with E-state index in [-0.39, 0.29) is 12.6 Å². The molecule has 2 heterocycles. The molecule has 0 aromatic heterocycles. The molecular formula is C18H25NO5. The second-order valence-corrected chi connectivity index (χ2v) is 6.65. The molecule has 2 bridgehead atoms. The van der Waals surface area contributed by atoms with Gasteiger partial charge in [-0.05, 0) is 31.2 Å². The van der Waals surface area contributed by atoms with Crippen molar-refractivity contribution in [1.29, 1.82) is 0 Å². The van der Waals surface area contributed by atoms with Crippen molar-refractivity contribution in [2.75, 3.05) is 20.3 Å². The molecule has 2 aliphatic heterocycles. The molecule has 6 nitrogen and oxygen atoms in total. The minimum absolute atomic E-state index is 0.00238. The summed E-state index contributed by atoms with van der Waals surface area (Å²) in [6, 6.07) is 8.47. The Bertz CT molecular complexity index is 556. The Morgan fingerprint density at radius 1 is 1.29 bits per heavy atom. The average molecular weight is 335 g/mol. The van der Waals surface area contributed by atoms with Gasteiger partial charge in [-0.3, -0.25) is 4.90 Å². The van der Waals surface area contributed by atoms with Gasteiger partial charge in [-0.25, -0.2) is 4.79 Å². The summed E-state index contributed by atoms with van der Waals surface area (Å²) >= 11 is 0. The standard InChI is InChI=1S/C18H25NO5/c1-23-11-12-24-17(21)19-14-7-9-18(22,10-8-14)16(19)15(20)13-5-3-2-4-6-13/h2-6,14-16,20,22H,7-12H2,1H3/t14?,15-,16-,18?/m0/s1. The van der Waals surface area contributed by atoms with Crippen LogP contribution in [0.2, 0.25) is 0 Å². The number of hydrogen-bond donors (Lipinski definition) is 2. The largest absolute Gasteiger partial charge is 0.447 e. The summed E-state index contributed by atoms with van der Waals surface area (Å²) in [5.41, 5.74) is -0.386. The van der Waals surface area contributed by atoms with Gasteiger partial charge in [0.1, 0.15) is 12.7 Å². The van der Waals surface area contributed by atoms with E-state index in [1.807, 2.05) is 30.3 Å². The number of ether oxygens (including phenoxy) is 2. The van der Waals surface area contributed by atoms with Gasteiger partial charge in [0.2, 0.25) is 0 Å². The number of aliphatic hydroxyl groups is 2. The van der Waals surface area contributed by atoms with Gasteiger partial charge >= 0.3 is 6.09 Å². The van der Waals surface area contributed by atoms with Crippen LogP contribution in [0.15, 0.2) is 30.3 Å². The van der Waals surface area contributed by atoms with Crippen LogP contribution >= 0.6 is 0 Å². The molecule has 2 N–H and O–H groups in total. The Kier molecular flexibility index (Phi) is 5.08. The number of rotatable bonds is 5. The predicted molar refractivity (Wildman–Crippen MR) is 87.5 cm³/mol. The lowest BCUT2D eigenvalue weighted by Crippen LogP contribution is -2.68. The molecule has 2 atom stereocenters. The zero-order valence-corrected chi connectivity index (χ0v) is 13.9. The molecule has 0 radical (unpaired) electrons. The number of benzene rings is 1. The molecule has 2 saturated heterocycles. The van der Waals surface area contributed by atoms with Crippen molar-refractivity contribution in [1.82, 2.24) is 4.90 Å². The Morgan fingerprint density at radius 2 is 1.96 bits per heavy atom. The number of aliphatic hydroxyl groups excluding tert-OH is 1. The quantitative estimate of drug-likeness (QED) is 0.803. The Hall–Kier alpha value is -1.63. The molecule has 1 aliphatic carbocycles. The first-order valence-corrected chi connectivity index (χ1v) is 8.46. The Morgan fingerprint density at radius 3 is 2.58 bits per heavy atom. The van der Waals surface area contributed by atoms with E-state index < -0.39 is 23.8 Å². The van der Waals surface area contributed by atoms with Gasteiger partial charge in [0.25, 0.3) is 0 Å². The number of methoxy groups -OCH3 is 1. The van der Waals surface area contributed by atoms with Crippen LogP contribution in [0.1, 0.15) is 37.4 Å². The molecule has 1 amide bonds. The lowest BCUT2D eigenvalue weighted by Gasteiger charge is -2.56. The van der Waals surface area contributed by atoms with Crippen LogP contribution in [0.4, 0.5) is 4.79 Å². The van der Waals surface area contributed by atoms with Gasteiger partial charge < -0.3 is 19.7 Å². The van der Waals surface area contributed by atoms with Crippen LogP contribution in [0.25, 0.3) is 0 Å². The summed E-state index contributed by atoms with van der Waals surface area (Å²) in [5.74, 6) is 0. The van der Waals surface area contributed by atoms with Crippen LogP contribution in [-0.2, 0) is 9.47 Å². The highest BCUT2D eigenvalue weighted by Gasteiger charge is 2.56. The molecular weight excluding hydrogens is 310 g/mol. The summed E-state index contributed by atoms with van der Waals surface area (Å²) in [5, 5.41) is 22.0. The highest BCUT2D eigenvalue weighted by atomic mass is 16.6. The van der Waals surface area contributed by atoms with Crippen molar-refractivity contribution < 1.29 is 24.5 Å². The monoisotopic (exact) mass is 335 g/mol. The van der Waals surface area contributed by atoms with Crippen LogP contribution in [0, 0.1) is 0 Å². The fraction of sp³-hybridized carbons (Fsp3) is 0.611. The molecule has 3 fully saturated rings. The third-order valence-corrected chi connectivity index (χ3v) is 5.23. The minimum atomic E-state index is -1.08.